The number of ether oxygens (including phenoxy) is 1. The Balaban J connectivity index is 0.000000180. The Morgan fingerprint density at radius 1 is 1.24 bits per heavy atom. The topological polar surface area (TPSA) is 166 Å². The molecule has 2 aliphatic heterocycles. The Bertz CT molecular complexity index is 1470. The second-order valence-corrected chi connectivity index (χ2v) is 9.62. The summed E-state index contributed by atoms with van der Waals surface area (Å²) in [5.74, 6) is -0.647. The van der Waals surface area contributed by atoms with Crippen LogP contribution in [-0.2, 0) is 11.2 Å². The summed E-state index contributed by atoms with van der Waals surface area (Å²) in [5, 5.41) is 30.6. The number of nitriles is 1. The van der Waals surface area contributed by atoms with E-state index in [1.807, 2.05) is 24.3 Å². The number of amides is 2. The number of aliphatic hydroxyl groups excluding tert-OH is 1. The molecule has 37 heavy (non-hydrogen) atoms. The molecular weight excluding hydrogens is 542 g/mol. The molecule has 2 amide bonds. The molecule has 1 atom stereocenters. The molecule has 2 aliphatic rings. The van der Waals surface area contributed by atoms with Gasteiger partial charge in [-0.25, -0.2) is 0 Å². The van der Waals surface area contributed by atoms with Crippen LogP contribution in [0, 0.1) is 11.3 Å². The number of nitrogens with zero attached hydrogens (tertiary/aromatic N) is 3. The Kier molecular flexibility index (Phi) is 7.27. The third kappa shape index (κ3) is 4.55. The van der Waals surface area contributed by atoms with Gasteiger partial charge in [0.1, 0.15) is 11.8 Å². The van der Waals surface area contributed by atoms with Crippen molar-refractivity contribution in [2.24, 2.45) is 0 Å². The number of methoxy groups -OCH3 is 1. The summed E-state index contributed by atoms with van der Waals surface area (Å²) in [7, 11) is 3.05. The Morgan fingerprint density at radius 3 is 2.65 bits per heavy atom. The molecule has 192 valence electrons. The predicted octanol–water partition coefficient (Wildman–Crippen LogP) is 2.63. The van der Waals surface area contributed by atoms with Crippen LogP contribution in [0.25, 0.3) is 10.8 Å². The molecule has 0 saturated carbocycles. The monoisotopic (exact) mass is 567 g/mol. The van der Waals surface area contributed by atoms with E-state index >= 15 is 0 Å². The molecular formula is C26H26BrN5O5. The van der Waals surface area contributed by atoms with E-state index in [-0.39, 0.29) is 28.1 Å². The fourth-order valence-corrected chi connectivity index (χ4v) is 5.31. The van der Waals surface area contributed by atoms with Crippen molar-refractivity contribution in [2.75, 3.05) is 50.2 Å². The van der Waals surface area contributed by atoms with Gasteiger partial charge in [0, 0.05) is 55.8 Å². The predicted molar refractivity (Wildman–Crippen MR) is 144 cm³/mol. The maximum absolute atomic E-state index is 11.7. The van der Waals surface area contributed by atoms with E-state index in [0.29, 0.717) is 41.7 Å². The van der Waals surface area contributed by atoms with Gasteiger partial charge in [-0.3, -0.25) is 14.5 Å². The lowest BCUT2D eigenvalue weighted by Crippen LogP contribution is -2.40. The lowest BCUT2D eigenvalue weighted by atomic mass is 9.93. The highest BCUT2D eigenvalue weighted by atomic mass is 79.9. The third-order valence-corrected chi connectivity index (χ3v) is 7.29. The molecule has 6 N–H and O–H groups in total. The highest BCUT2D eigenvalue weighted by Gasteiger charge is 2.36. The highest BCUT2D eigenvalue weighted by Crippen LogP contribution is 2.41. The maximum Gasteiger partial charge on any atom is 0.262 e. The van der Waals surface area contributed by atoms with E-state index < -0.39 is 17.9 Å². The summed E-state index contributed by atoms with van der Waals surface area (Å²) in [6.07, 6.45) is 0.165. The van der Waals surface area contributed by atoms with Gasteiger partial charge in [-0.1, -0.05) is 12.1 Å². The van der Waals surface area contributed by atoms with Crippen LogP contribution in [0.3, 0.4) is 0 Å². The van der Waals surface area contributed by atoms with E-state index in [9.17, 15) is 19.8 Å². The summed E-state index contributed by atoms with van der Waals surface area (Å²) < 4.78 is 5.47. The number of aliphatic hydroxyl groups is 1. The van der Waals surface area contributed by atoms with Crippen molar-refractivity contribution in [2.45, 2.75) is 12.5 Å². The molecule has 0 aliphatic carbocycles. The number of imide groups is 1. The number of β-amino-alcohol motifs (C(OH)–C–C–N with tert-alkyl or cyclic N) is 1. The number of aromatic hydroxyl groups is 1. The Morgan fingerprint density at radius 2 is 1.97 bits per heavy atom. The zero-order valence-electron chi connectivity index (χ0n) is 20.3. The summed E-state index contributed by atoms with van der Waals surface area (Å²) in [5.41, 5.74) is 15.2. The molecule has 5 rings (SSSR count). The van der Waals surface area contributed by atoms with E-state index in [1.165, 1.54) is 13.1 Å². The number of halogens is 1. The lowest BCUT2D eigenvalue weighted by Gasteiger charge is -2.35. The Labute approximate surface area is 221 Å². The number of carbonyl (C=O) groups excluding carboxylic acids is 2. The number of hydrogen-bond acceptors (Lipinski definition) is 9. The van der Waals surface area contributed by atoms with Crippen LogP contribution in [0.15, 0.2) is 34.8 Å². The zero-order valence-corrected chi connectivity index (χ0v) is 21.9. The number of phenolic OH excluding ortho intramolecular Hbond substituents is 1. The molecule has 0 spiro atoms. The summed E-state index contributed by atoms with van der Waals surface area (Å²) in [4.78, 5) is 26.5. The quantitative estimate of drug-likeness (QED) is 0.274. The number of rotatable bonds is 3. The number of hydrogen-bond donors (Lipinski definition) is 4. The number of fused-ring (bicyclic) bond motifs is 4. The molecule has 2 heterocycles. The minimum Gasteiger partial charge on any atom is -0.507 e. The van der Waals surface area contributed by atoms with Gasteiger partial charge in [-0.15, -0.1) is 0 Å². The van der Waals surface area contributed by atoms with Gasteiger partial charge in [0.15, 0.2) is 0 Å². The maximum atomic E-state index is 11.7. The van der Waals surface area contributed by atoms with Crippen molar-refractivity contribution < 1.29 is 24.5 Å². The number of anilines is 3. The van der Waals surface area contributed by atoms with E-state index in [2.05, 4.69) is 20.8 Å². The van der Waals surface area contributed by atoms with Crippen LogP contribution < -0.4 is 16.4 Å². The molecule has 0 aromatic heterocycles. The van der Waals surface area contributed by atoms with Gasteiger partial charge in [-0.05, 0) is 39.7 Å². The second-order valence-electron chi connectivity index (χ2n) is 8.83. The van der Waals surface area contributed by atoms with Gasteiger partial charge in [0.25, 0.3) is 11.8 Å². The van der Waals surface area contributed by atoms with Crippen molar-refractivity contribution in [3.63, 3.8) is 0 Å². The van der Waals surface area contributed by atoms with Crippen LogP contribution in [0.1, 0.15) is 31.8 Å². The molecule has 3 aromatic carbocycles. The van der Waals surface area contributed by atoms with E-state index in [1.54, 1.807) is 13.2 Å². The fraction of sp³-hybridized carbons (Fsp3) is 0.269. The van der Waals surface area contributed by atoms with Crippen LogP contribution in [0.5, 0.6) is 5.75 Å². The first kappa shape index (κ1) is 26.2. The van der Waals surface area contributed by atoms with Gasteiger partial charge < -0.3 is 31.3 Å². The van der Waals surface area contributed by atoms with Crippen molar-refractivity contribution in [1.29, 1.82) is 5.26 Å². The minimum atomic E-state index is -0.419. The molecule has 0 bridgehead atoms. The van der Waals surface area contributed by atoms with Crippen LogP contribution in [0.2, 0.25) is 0 Å². The molecule has 0 fully saturated rings. The smallest absolute Gasteiger partial charge is 0.262 e. The Hall–Kier alpha value is -3.85. The number of carbonyl (C=O) groups is 2. The number of nitrogen functional groups attached to an aromatic ring is 2. The van der Waals surface area contributed by atoms with E-state index in [4.69, 9.17) is 21.5 Å². The first-order valence-corrected chi connectivity index (χ1v) is 12.2. The first-order chi connectivity index (χ1) is 17.6. The fourth-order valence-electron chi connectivity index (χ4n) is 4.72. The van der Waals surface area contributed by atoms with Gasteiger partial charge >= 0.3 is 0 Å². The molecule has 0 saturated heterocycles. The van der Waals surface area contributed by atoms with Crippen molar-refractivity contribution in [1.82, 2.24) is 4.90 Å². The number of phenols is 1. The van der Waals surface area contributed by atoms with Crippen LogP contribution >= 0.6 is 15.9 Å². The van der Waals surface area contributed by atoms with E-state index in [0.717, 1.165) is 21.5 Å². The average Bonchev–Trinajstić information content (AvgIpc) is 3.08. The average molecular weight is 568 g/mol. The highest BCUT2D eigenvalue weighted by molar-refractivity contribution is 9.10. The standard InChI is InChI=1S/C16H20N2O3.C10H6BrN3O2/c1-21-6-5-18-9-11(19)7-10-8-13(17)15-12(16(10)18)3-2-4-14(15)20;1-14-9(15)5-2-4(3-12)8(13)7(11)6(5)10(14)16/h2-4,8,11,19-20H,5-7,9,17H2,1H3;2H,13H2,1H3. The van der Waals surface area contributed by atoms with Crippen molar-refractivity contribution >= 4 is 55.6 Å². The lowest BCUT2D eigenvalue weighted by molar-refractivity contribution is 0.0692. The van der Waals surface area contributed by atoms with Gasteiger partial charge in [-0.2, -0.15) is 5.26 Å². The van der Waals surface area contributed by atoms with Crippen molar-refractivity contribution in [3.8, 4) is 11.8 Å². The normalized spacial score (nSPS) is 16.2. The van der Waals surface area contributed by atoms with Crippen LogP contribution in [0.4, 0.5) is 17.1 Å². The molecule has 10 nitrogen and oxygen atoms in total. The minimum absolute atomic E-state index is 0.178. The van der Waals surface area contributed by atoms with Gasteiger partial charge in [0.05, 0.1) is 39.6 Å². The number of benzene rings is 3. The summed E-state index contributed by atoms with van der Waals surface area (Å²) in [6.45, 7) is 1.83. The summed E-state index contributed by atoms with van der Waals surface area (Å²) in [6, 6.07) is 10.5. The largest absolute Gasteiger partial charge is 0.507 e. The molecule has 3 aromatic rings. The van der Waals surface area contributed by atoms with Gasteiger partial charge in [0.2, 0.25) is 0 Å². The third-order valence-electron chi connectivity index (χ3n) is 6.47. The first-order valence-electron chi connectivity index (χ1n) is 11.4. The summed E-state index contributed by atoms with van der Waals surface area (Å²) >= 11 is 3.14. The second kappa shape index (κ2) is 10.3. The molecule has 11 heteroatoms. The molecule has 1 unspecified atom stereocenters. The molecule has 0 radical (unpaired) electrons. The van der Waals surface area contributed by atoms with Crippen LogP contribution in [-0.4, -0.2) is 66.9 Å². The zero-order chi connectivity index (χ0) is 27.0. The SMILES string of the molecule is CN1C(=O)c2cc(C#N)c(N)c(Br)c2C1=O.COCCN1CC(O)Cc2cc(N)c3c(O)cccc3c21. The van der Waals surface area contributed by atoms with Crippen molar-refractivity contribution in [3.05, 3.63) is 57.1 Å². The number of nitrogens with two attached hydrogens (primary N) is 2.